The number of imide groups is 1. The molecule has 1 fully saturated rings. The van der Waals surface area contributed by atoms with E-state index in [2.05, 4.69) is 0 Å². The zero-order valence-electron chi connectivity index (χ0n) is 12.5. The molecule has 2 rings (SSSR count). The van der Waals surface area contributed by atoms with E-state index in [0.29, 0.717) is 0 Å². The number of carbonyl (C=O) groups excluding carboxylic acids is 3. The van der Waals surface area contributed by atoms with Gasteiger partial charge in [0, 0.05) is 7.05 Å². The number of benzene rings is 1. The molecule has 0 saturated carbocycles. The third-order valence-corrected chi connectivity index (χ3v) is 3.25. The predicted molar refractivity (Wildman–Crippen MR) is 76.9 cm³/mol. The highest BCUT2D eigenvalue weighted by Gasteiger charge is 2.45. The summed E-state index contributed by atoms with van der Waals surface area (Å²) >= 11 is 0. The molecule has 1 atom stereocenters. The van der Waals surface area contributed by atoms with Crippen LogP contribution in [0.4, 0.5) is 9.59 Å². The molecule has 0 N–H and O–H groups in total. The van der Waals surface area contributed by atoms with Crippen LogP contribution in [0.2, 0.25) is 0 Å². The van der Waals surface area contributed by atoms with Crippen LogP contribution in [0.5, 0.6) is 0 Å². The summed E-state index contributed by atoms with van der Waals surface area (Å²) in [5.41, 5.74) is 0.795. The zero-order chi connectivity index (χ0) is 16.1. The van der Waals surface area contributed by atoms with Crippen molar-refractivity contribution >= 4 is 18.1 Å². The summed E-state index contributed by atoms with van der Waals surface area (Å²) < 4.78 is 10.0. The minimum Gasteiger partial charge on any atom is -0.464 e. The van der Waals surface area contributed by atoms with Crippen LogP contribution in [-0.2, 0) is 20.9 Å². The first-order valence-electron chi connectivity index (χ1n) is 6.96. The van der Waals surface area contributed by atoms with Gasteiger partial charge in [-0.05, 0) is 12.5 Å². The number of ether oxygens (including phenoxy) is 2. The molecule has 0 aromatic heterocycles. The first-order chi connectivity index (χ1) is 10.5. The van der Waals surface area contributed by atoms with Crippen molar-refractivity contribution in [2.24, 2.45) is 0 Å². The van der Waals surface area contributed by atoms with Crippen LogP contribution in [0.15, 0.2) is 30.3 Å². The smallest absolute Gasteiger partial charge is 0.419 e. The van der Waals surface area contributed by atoms with Gasteiger partial charge in [-0.25, -0.2) is 19.3 Å². The maximum absolute atomic E-state index is 12.1. The highest BCUT2D eigenvalue weighted by molar-refractivity contribution is 5.98. The summed E-state index contributed by atoms with van der Waals surface area (Å²) in [6.45, 7) is 1.97. The van der Waals surface area contributed by atoms with Crippen molar-refractivity contribution in [3.63, 3.8) is 0 Å². The second kappa shape index (κ2) is 6.93. The molecule has 1 saturated heterocycles. The van der Waals surface area contributed by atoms with Crippen LogP contribution in [0.1, 0.15) is 12.5 Å². The lowest BCUT2D eigenvalue weighted by Crippen LogP contribution is -2.44. The third-order valence-electron chi connectivity index (χ3n) is 3.25. The molecule has 7 nitrogen and oxygen atoms in total. The molecule has 1 aliphatic rings. The van der Waals surface area contributed by atoms with Crippen LogP contribution in [0.25, 0.3) is 0 Å². The summed E-state index contributed by atoms with van der Waals surface area (Å²) in [5, 5.41) is 0. The van der Waals surface area contributed by atoms with Gasteiger partial charge >= 0.3 is 18.1 Å². The second-order valence-electron chi connectivity index (χ2n) is 4.84. The molecule has 7 heteroatoms. The highest BCUT2D eigenvalue weighted by atomic mass is 16.6. The molecule has 22 heavy (non-hydrogen) atoms. The van der Waals surface area contributed by atoms with Crippen LogP contribution in [-0.4, -0.2) is 54.1 Å². The quantitative estimate of drug-likeness (QED) is 0.790. The molecule has 118 valence electrons. The summed E-state index contributed by atoms with van der Waals surface area (Å²) in [5.74, 6) is -0.614. The zero-order valence-corrected chi connectivity index (χ0v) is 12.5. The van der Waals surface area contributed by atoms with Gasteiger partial charge in [-0.1, -0.05) is 30.3 Å². The standard InChI is InChI=1S/C15H18N2O5/c1-3-21-13(18)12-9-16(2)14(19)17(12)15(20)22-10-11-7-5-4-6-8-11/h4-8,12H,3,9-10H2,1-2H3/t12-/m0/s1. The van der Waals surface area contributed by atoms with E-state index in [1.165, 1.54) is 11.9 Å². The van der Waals surface area contributed by atoms with E-state index < -0.39 is 24.1 Å². The maximum Gasteiger partial charge on any atom is 0.419 e. The van der Waals surface area contributed by atoms with Crippen molar-refractivity contribution in [1.29, 1.82) is 0 Å². The van der Waals surface area contributed by atoms with E-state index >= 15 is 0 Å². The van der Waals surface area contributed by atoms with Gasteiger partial charge in [-0.3, -0.25) is 0 Å². The van der Waals surface area contributed by atoms with Gasteiger partial charge in [0.2, 0.25) is 0 Å². The van der Waals surface area contributed by atoms with Crippen molar-refractivity contribution in [3.05, 3.63) is 35.9 Å². The van der Waals surface area contributed by atoms with Gasteiger partial charge < -0.3 is 14.4 Å². The average Bonchev–Trinajstić information content (AvgIpc) is 2.82. The van der Waals surface area contributed by atoms with Gasteiger partial charge in [-0.2, -0.15) is 0 Å². The van der Waals surface area contributed by atoms with Gasteiger partial charge in [0.1, 0.15) is 6.61 Å². The van der Waals surface area contributed by atoms with Gasteiger partial charge in [-0.15, -0.1) is 0 Å². The van der Waals surface area contributed by atoms with Gasteiger partial charge in [0.05, 0.1) is 13.2 Å². The Morgan fingerprint density at radius 1 is 1.23 bits per heavy atom. The number of hydrogen-bond acceptors (Lipinski definition) is 5. The number of hydrogen-bond donors (Lipinski definition) is 0. The Balaban J connectivity index is 2.04. The molecule has 0 bridgehead atoms. The summed E-state index contributed by atoms with van der Waals surface area (Å²) in [6, 6.07) is 7.54. The fraction of sp³-hybridized carbons (Fsp3) is 0.400. The molecule has 1 aliphatic heterocycles. The Morgan fingerprint density at radius 3 is 2.55 bits per heavy atom. The number of nitrogens with zero attached hydrogens (tertiary/aromatic N) is 2. The van der Waals surface area contributed by atoms with Crippen LogP contribution >= 0.6 is 0 Å². The Labute approximate surface area is 128 Å². The Morgan fingerprint density at radius 2 is 1.91 bits per heavy atom. The molecule has 0 radical (unpaired) electrons. The normalized spacial score (nSPS) is 17.5. The second-order valence-corrected chi connectivity index (χ2v) is 4.84. The molecule has 1 aromatic rings. The summed E-state index contributed by atoms with van der Waals surface area (Å²) in [6.07, 6.45) is -0.851. The number of rotatable bonds is 4. The fourth-order valence-electron chi connectivity index (χ4n) is 2.15. The molecule has 3 amide bonds. The number of amides is 3. The largest absolute Gasteiger partial charge is 0.464 e. The molecule has 1 aromatic carbocycles. The van der Waals surface area contributed by atoms with Crippen molar-refractivity contribution in [3.8, 4) is 0 Å². The van der Waals surface area contributed by atoms with Crippen molar-refractivity contribution in [1.82, 2.24) is 9.80 Å². The lowest BCUT2D eigenvalue weighted by Gasteiger charge is -2.19. The van der Waals surface area contributed by atoms with Crippen LogP contribution in [0, 0.1) is 0 Å². The van der Waals surface area contributed by atoms with E-state index in [1.54, 1.807) is 19.1 Å². The van der Waals surface area contributed by atoms with Crippen molar-refractivity contribution < 1.29 is 23.9 Å². The lowest BCUT2D eigenvalue weighted by molar-refractivity contribution is -0.147. The Bertz CT molecular complexity index is 560. The molecular weight excluding hydrogens is 288 g/mol. The monoisotopic (exact) mass is 306 g/mol. The van der Waals surface area contributed by atoms with E-state index in [9.17, 15) is 14.4 Å². The van der Waals surface area contributed by atoms with Gasteiger partial charge in [0.15, 0.2) is 6.04 Å². The number of carbonyl (C=O) groups is 3. The van der Waals surface area contributed by atoms with E-state index in [1.807, 2.05) is 18.2 Å². The van der Waals surface area contributed by atoms with E-state index in [4.69, 9.17) is 9.47 Å². The Hall–Kier alpha value is -2.57. The van der Waals surface area contributed by atoms with Crippen molar-refractivity contribution in [2.75, 3.05) is 20.2 Å². The molecule has 0 aliphatic carbocycles. The first kappa shape index (κ1) is 15.8. The minimum atomic E-state index is -0.972. The van der Waals surface area contributed by atoms with Gasteiger partial charge in [0.25, 0.3) is 0 Å². The number of likely N-dealkylation sites (N-methyl/N-ethyl adjacent to an activating group) is 1. The lowest BCUT2D eigenvalue weighted by atomic mass is 10.2. The number of esters is 1. The molecular formula is C15H18N2O5. The first-order valence-corrected chi connectivity index (χ1v) is 6.96. The Kier molecular flexibility index (Phi) is 4.98. The van der Waals surface area contributed by atoms with Crippen LogP contribution in [0.3, 0.4) is 0 Å². The maximum atomic E-state index is 12.1. The molecule has 0 unspecified atom stereocenters. The topological polar surface area (TPSA) is 76.2 Å². The van der Waals surface area contributed by atoms with E-state index in [0.717, 1.165) is 10.5 Å². The summed E-state index contributed by atoms with van der Waals surface area (Å²) in [4.78, 5) is 38.1. The van der Waals surface area contributed by atoms with E-state index in [-0.39, 0.29) is 19.8 Å². The molecule has 0 spiro atoms. The summed E-state index contributed by atoms with van der Waals surface area (Å²) in [7, 11) is 1.51. The molecule has 1 heterocycles. The third kappa shape index (κ3) is 3.36. The fourth-order valence-corrected chi connectivity index (χ4v) is 2.15. The predicted octanol–water partition coefficient (Wildman–Crippen LogP) is 1.62. The SMILES string of the molecule is CCOC(=O)[C@@H]1CN(C)C(=O)N1C(=O)OCc1ccccc1. The highest BCUT2D eigenvalue weighted by Crippen LogP contribution is 2.18. The van der Waals surface area contributed by atoms with Crippen LogP contribution < -0.4 is 0 Å². The average molecular weight is 306 g/mol. The number of urea groups is 1. The van der Waals surface area contributed by atoms with Crippen molar-refractivity contribution in [2.45, 2.75) is 19.6 Å². The minimum absolute atomic E-state index is 0.0305.